The summed E-state index contributed by atoms with van der Waals surface area (Å²) in [6.07, 6.45) is 0.831. The van der Waals surface area contributed by atoms with Gasteiger partial charge in [-0.1, -0.05) is 29.8 Å². The number of amides is 1. The number of hydrogen-bond acceptors (Lipinski definition) is 4. The normalized spacial score (nSPS) is 17.6. The van der Waals surface area contributed by atoms with Gasteiger partial charge in [-0.2, -0.15) is 0 Å². The lowest BCUT2D eigenvalue weighted by molar-refractivity contribution is -0.0310. The summed E-state index contributed by atoms with van der Waals surface area (Å²) in [5, 5.41) is 14.0. The molecule has 1 fully saturated rings. The summed E-state index contributed by atoms with van der Waals surface area (Å²) >= 11 is 0. The zero-order valence-electron chi connectivity index (χ0n) is 15.3. The van der Waals surface area contributed by atoms with Gasteiger partial charge in [0.2, 0.25) is 0 Å². The quantitative estimate of drug-likeness (QED) is 0.889. The summed E-state index contributed by atoms with van der Waals surface area (Å²) in [4.78, 5) is 13.7. The van der Waals surface area contributed by atoms with E-state index >= 15 is 0 Å². The molecular weight excluding hydrogens is 304 g/mol. The van der Waals surface area contributed by atoms with E-state index < -0.39 is 11.2 Å². The molecule has 2 rings (SSSR count). The van der Waals surface area contributed by atoms with Crippen molar-refractivity contribution in [2.45, 2.75) is 58.3 Å². The van der Waals surface area contributed by atoms with Crippen molar-refractivity contribution >= 4 is 6.09 Å². The Morgan fingerprint density at radius 1 is 1.25 bits per heavy atom. The molecule has 0 aromatic heterocycles. The maximum atomic E-state index is 12.1. The minimum Gasteiger partial charge on any atom is -0.444 e. The molecule has 1 amide bonds. The van der Waals surface area contributed by atoms with Gasteiger partial charge in [-0.05, 0) is 46.1 Å². The van der Waals surface area contributed by atoms with Crippen LogP contribution in [0.25, 0.3) is 0 Å². The Kier molecular flexibility index (Phi) is 5.88. The van der Waals surface area contributed by atoms with E-state index in [2.05, 4.69) is 36.5 Å². The molecule has 5 nitrogen and oxygen atoms in total. The van der Waals surface area contributed by atoms with Crippen molar-refractivity contribution in [3.63, 3.8) is 0 Å². The highest BCUT2D eigenvalue weighted by atomic mass is 16.6. The van der Waals surface area contributed by atoms with Crippen molar-refractivity contribution in [1.29, 1.82) is 0 Å². The number of benzene rings is 1. The van der Waals surface area contributed by atoms with Crippen molar-refractivity contribution in [1.82, 2.24) is 10.2 Å². The van der Waals surface area contributed by atoms with Gasteiger partial charge in [0.05, 0.1) is 5.60 Å². The summed E-state index contributed by atoms with van der Waals surface area (Å²) in [5.74, 6) is 0. The number of nitrogens with zero attached hydrogens (tertiary/aromatic N) is 1. The Balaban J connectivity index is 1.75. The second kappa shape index (κ2) is 7.53. The zero-order chi connectivity index (χ0) is 17.8. The van der Waals surface area contributed by atoms with Crippen LogP contribution in [0.3, 0.4) is 0 Å². The molecule has 134 valence electrons. The number of likely N-dealkylation sites (tertiary alicyclic amines) is 1. The van der Waals surface area contributed by atoms with Crippen LogP contribution < -0.4 is 5.32 Å². The minimum atomic E-state index is -0.761. The average Bonchev–Trinajstić information content (AvgIpc) is 2.48. The largest absolute Gasteiger partial charge is 0.444 e. The SMILES string of the molecule is Cc1ccc(CNCC2(O)CCN(C(=O)OC(C)(C)C)CC2)cc1. The number of piperidine rings is 1. The number of aryl methyl sites for hydroxylation is 1. The van der Waals surface area contributed by atoms with Crippen LogP contribution in [0.5, 0.6) is 0 Å². The molecule has 1 aromatic rings. The first-order chi connectivity index (χ1) is 11.2. The van der Waals surface area contributed by atoms with Gasteiger partial charge in [0.25, 0.3) is 0 Å². The second-order valence-electron chi connectivity index (χ2n) is 7.78. The van der Waals surface area contributed by atoms with Crippen molar-refractivity contribution in [3.05, 3.63) is 35.4 Å². The fourth-order valence-corrected chi connectivity index (χ4v) is 2.75. The van der Waals surface area contributed by atoms with Crippen molar-refractivity contribution in [3.8, 4) is 0 Å². The first-order valence-electron chi connectivity index (χ1n) is 8.63. The highest BCUT2D eigenvalue weighted by molar-refractivity contribution is 5.68. The highest BCUT2D eigenvalue weighted by Gasteiger charge is 2.35. The average molecular weight is 334 g/mol. The lowest BCUT2D eigenvalue weighted by Gasteiger charge is -2.38. The summed E-state index contributed by atoms with van der Waals surface area (Å²) < 4.78 is 5.38. The van der Waals surface area contributed by atoms with Crippen LogP contribution in [0.1, 0.15) is 44.7 Å². The molecule has 0 atom stereocenters. The van der Waals surface area contributed by atoms with E-state index in [1.54, 1.807) is 4.90 Å². The summed E-state index contributed by atoms with van der Waals surface area (Å²) in [7, 11) is 0. The molecule has 0 radical (unpaired) electrons. The van der Waals surface area contributed by atoms with E-state index in [0.717, 1.165) is 6.54 Å². The maximum absolute atomic E-state index is 12.1. The van der Waals surface area contributed by atoms with Crippen molar-refractivity contribution in [2.75, 3.05) is 19.6 Å². The van der Waals surface area contributed by atoms with E-state index in [9.17, 15) is 9.90 Å². The number of ether oxygens (including phenoxy) is 1. The minimum absolute atomic E-state index is 0.294. The van der Waals surface area contributed by atoms with Crippen LogP contribution in [0, 0.1) is 6.92 Å². The molecule has 0 spiro atoms. The van der Waals surface area contributed by atoms with Crippen LogP contribution in [0.2, 0.25) is 0 Å². The molecule has 0 aliphatic carbocycles. The molecular formula is C19H30N2O3. The molecule has 1 aliphatic heterocycles. The van der Waals surface area contributed by atoms with Crippen LogP contribution in [-0.2, 0) is 11.3 Å². The summed E-state index contributed by atoms with van der Waals surface area (Å²) in [6.45, 7) is 9.97. The topological polar surface area (TPSA) is 61.8 Å². The van der Waals surface area contributed by atoms with Crippen LogP contribution in [0.15, 0.2) is 24.3 Å². The molecule has 1 heterocycles. The van der Waals surface area contributed by atoms with E-state index in [0.29, 0.717) is 32.5 Å². The van der Waals surface area contributed by atoms with Gasteiger partial charge in [-0.3, -0.25) is 0 Å². The Labute approximate surface area is 145 Å². The van der Waals surface area contributed by atoms with E-state index in [4.69, 9.17) is 4.74 Å². The third-order valence-electron chi connectivity index (χ3n) is 4.25. The highest BCUT2D eigenvalue weighted by Crippen LogP contribution is 2.23. The number of hydrogen-bond donors (Lipinski definition) is 2. The molecule has 1 aromatic carbocycles. The number of carbonyl (C=O) groups is 1. The Morgan fingerprint density at radius 2 is 1.83 bits per heavy atom. The molecule has 0 bridgehead atoms. The maximum Gasteiger partial charge on any atom is 0.410 e. The predicted molar refractivity (Wildman–Crippen MR) is 94.9 cm³/mol. The van der Waals surface area contributed by atoms with Gasteiger partial charge in [-0.15, -0.1) is 0 Å². The molecule has 0 saturated carbocycles. The first kappa shape index (κ1) is 18.7. The van der Waals surface area contributed by atoms with Gasteiger partial charge in [-0.25, -0.2) is 4.79 Å². The predicted octanol–water partition coefficient (Wildman–Crippen LogP) is 2.85. The van der Waals surface area contributed by atoms with E-state index in [1.165, 1.54) is 11.1 Å². The number of nitrogens with one attached hydrogen (secondary N) is 1. The molecule has 24 heavy (non-hydrogen) atoms. The first-order valence-corrected chi connectivity index (χ1v) is 8.63. The lowest BCUT2D eigenvalue weighted by atomic mass is 9.91. The monoisotopic (exact) mass is 334 g/mol. The molecule has 2 N–H and O–H groups in total. The Bertz CT molecular complexity index is 541. The fraction of sp³-hybridized carbons (Fsp3) is 0.632. The fourth-order valence-electron chi connectivity index (χ4n) is 2.75. The zero-order valence-corrected chi connectivity index (χ0v) is 15.3. The standard InChI is InChI=1S/C19H30N2O3/c1-15-5-7-16(8-6-15)13-20-14-19(23)9-11-21(12-10-19)17(22)24-18(2,3)4/h5-8,20,23H,9-14H2,1-4H3. The van der Waals surface area contributed by atoms with Crippen LogP contribution >= 0.6 is 0 Å². The van der Waals surface area contributed by atoms with Crippen LogP contribution in [0.4, 0.5) is 4.79 Å². The van der Waals surface area contributed by atoms with Crippen LogP contribution in [-0.4, -0.2) is 46.9 Å². The van der Waals surface area contributed by atoms with Gasteiger partial charge < -0.3 is 20.1 Å². The van der Waals surface area contributed by atoms with Gasteiger partial charge in [0.15, 0.2) is 0 Å². The smallest absolute Gasteiger partial charge is 0.410 e. The van der Waals surface area contributed by atoms with Gasteiger partial charge >= 0.3 is 6.09 Å². The summed E-state index contributed by atoms with van der Waals surface area (Å²) in [5.41, 5.74) is 1.20. The molecule has 1 saturated heterocycles. The third-order valence-corrected chi connectivity index (χ3v) is 4.25. The lowest BCUT2D eigenvalue weighted by Crippen LogP contribution is -2.51. The molecule has 0 unspecified atom stereocenters. The van der Waals surface area contributed by atoms with Gasteiger partial charge in [0.1, 0.15) is 5.60 Å². The molecule has 5 heteroatoms. The second-order valence-corrected chi connectivity index (χ2v) is 7.78. The van der Waals surface area contributed by atoms with Gasteiger partial charge in [0, 0.05) is 26.2 Å². The Morgan fingerprint density at radius 3 is 2.38 bits per heavy atom. The van der Waals surface area contributed by atoms with Crippen molar-refractivity contribution in [2.24, 2.45) is 0 Å². The van der Waals surface area contributed by atoms with E-state index in [-0.39, 0.29) is 6.09 Å². The molecule has 1 aliphatic rings. The number of rotatable bonds is 4. The number of carbonyl (C=O) groups excluding carboxylic acids is 1. The Hall–Kier alpha value is -1.59. The van der Waals surface area contributed by atoms with E-state index in [1.807, 2.05) is 20.8 Å². The number of aliphatic hydroxyl groups is 1. The third kappa shape index (κ3) is 5.80. The van der Waals surface area contributed by atoms with Crippen molar-refractivity contribution < 1.29 is 14.6 Å². The summed E-state index contributed by atoms with van der Waals surface area (Å²) in [6, 6.07) is 8.37.